The third-order valence-electron chi connectivity index (χ3n) is 2.99. The van der Waals surface area contributed by atoms with Gasteiger partial charge in [-0.2, -0.15) is 0 Å². The lowest BCUT2D eigenvalue weighted by atomic mass is 10.1. The number of fused-ring (bicyclic) bond motifs is 1. The highest BCUT2D eigenvalue weighted by Gasteiger charge is 2.16. The molecule has 0 atom stereocenters. The van der Waals surface area contributed by atoms with E-state index in [-0.39, 0.29) is 0 Å². The first kappa shape index (κ1) is 9.91. The van der Waals surface area contributed by atoms with Crippen LogP contribution in [0.2, 0.25) is 0 Å². The van der Waals surface area contributed by atoms with E-state index >= 15 is 0 Å². The molecule has 2 aromatic rings. The summed E-state index contributed by atoms with van der Waals surface area (Å²) in [5.74, 6) is 1.41. The molecule has 0 radical (unpaired) electrons. The molecule has 1 aliphatic heterocycles. The third kappa shape index (κ3) is 1.48. The zero-order valence-electron chi connectivity index (χ0n) is 9.47. The molecule has 17 heavy (non-hydrogen) atoms. The quantitative estimate of drug-likeness (QED) is 0.698. The highest BCUT2D eigenvalue weighted by molar-refractivity contribution is 5.74. The molecule has 0 amide bonds. The summed E-state index contributed by atoms with van der Waals surface area (Å²) < 4.78 is 7.35. The van der Waals surface area contributed by atoms with Crippen molar-refractivity contribution in [1.29, 1.82) is 0 Å². The van der Waals surface area contributed by atoms with Gasteiger partial charge in [-0.1, -0.05) is 12.6 Å². The fourth-order valence-electron chi connectivity index (χ4n) is 2.17. The highest BCUT2D eigenvalue weighted by atomic mass is 16.5. The van der Waals surface area contributed by atoms with Crippen LogP contribution in [0.3, 0.4) is 0 Å². The van der Waals surface area contributed by atoms with Crippen molar-refractivity contribution in [3.63, 3.8) is 0 Å². The predicted molar refractivity (Wildman–Crippen MR) is 64.1 cm³/mol. The maximum absolute atomic E-state index is 7.12. The monoisotopic (exact) mass is 225 g/mol. The molecule has 2 heterocycles. The Kier molecular flexibility index (Phi) is 2.12. The van der Waals surface area contributed by atoms with E-state index in [9.17, 15) is 0 Å². The molecule has 1 aromatic carbocycles. The van der Waals surface area contributed by atoms with Crippen molar-refractivity contribution in [2.24, 2.45) is 7.05 Å². The smallest absolute Gasteiger partial charge is 0.295 e. The first-order valence-corrected chi connectivity index (χ1v) is 5.44. The van der Waals surface area contributed by atoms with E-state index < -0.39 is 0 Å². The van der Waals surface area contributed by atoms with Gasteiger partial charge in [0, 0.05) is 13.5 Å². The Morgan fingerprint density at radius 1 is 1.47 bits per heavy atom. The predicted octanol–water partition coefficient (Wildman–Crippen LogP) is 2.57. The van der Waals surface area contributed by atoms with Crippen molar-refractivity contribution < 1.29 is 4.74 Å². The summed E-state index contributed by atoms with van der Waals surface area (Å²) in [6, 6.07) is 6.04. The molecular weight excluding hydrogens is 214 g/mol. The Bertz CT molecular complexity index is 622. The summed E-state index contributed by atoms with van der Waals surface area (Å²) in [5, 5.41) is 0. The van der Waals surface area contributed by atoms with Crippen molar-refractivity contribution in [3.05, 3.63) is 41.5 Å². The highest BCUT2D eigenvalue weighted by Crippen LogP contribution is 2.34. The Labute approximate surface area is 99.3 Å². The van der Waals surface area contributed by atoms with Gasteiger partial charge in [-0.25, -0.2) is 0 Å². The second-order valence-corrected chi connectivity index (χ2v) is 4.06. The van der Waals surface area contributed by atoms with Gasteiger partial charge in [0.25, 0.3) is 5.82 Å². The molecule has 0 fully saturated rings. The number of hydrogen-bond acceptors (Lipinski definition) is 2. The molecular formula is C13H11N3O. The minimum absolute atomic E-state index is 0.450. The van der Waals surface area contributed by atoms with Gasteiger partial charge >= 0.3 is 0 Å². The van der Waals surface area contributed by atoms with Crippen LogP contribution in [0.25, 0.3) is 16.1 Å². The van der Waals surface area contributed by atoms with Gasteiger partial charge in [-0.05, 0) is 23.3 Å². The summed E-state index contributed by atoms with van der Waals surface area (Å²) in [6.45, 7) is 7.87. The van der Waals surface area contributed by atoms with Crippen molar-refractivity contribution in [2.75, 3.05) is 6.61 Å². The van der Waals surface area contributed by atoms with Gasteiger partial charge in [0.15, 0.2) is 6.33 Å². The fraction of sp³-hybridized carbons (Fsp3) is 0.231. The number of rotatable bonds is 1. The molecule has 0 unspecified atom stereocenters. The number of ether oxygens (including phenoxy) is 1. The molecule has 3 rings (SSSR count). The van der Waals surface area contributed by atoms with Crippen LogP contribution < -0.4 is 4.74 Å². The van der Waals surface area contributed by atoms with Crippen molar-refractivity contribution in [1.82, 2.24) is 9.55 Å². The average molecular weight is 225 g/mol. The van der Waals surface area contributed by atoms with Crippen molar-refractivity contribution >= 4 is 5.82 Å². The Morgan fingerprint density at radius 3 is 3.18 bits per heavy atom. The third-order valence-corrected chi connectivity index (χ3v) is 2.99. The van der Waals surface area contributed by atoms with Crippen LogP contribution in [0.5, 0.6) is 5.75 Å². The Balaban J connectivity index is 2.16. The van der Waals surface area contributed by atoms with E-state index in [1.54, 1.807) is 6.33 Å². The fourth-order valence-corrected chi connectivity index (χ4v) is 2.17. The average Bonchev–Trinajstić information content (AvgIpc) is 2.93. The largest absolute Gasteiger partial charge is 0.493 e. The lowest BCUT2D eigenvalue weighted by molar-refractivity contribution is 0.357. The first-order chi connectivity index (χ1) is 8.29. The number of hydrogen-bond donors (Lipinski definition) is 0. The number of aromatic nitrogens is 2. The summed E-state index contributed by atoms with van der Waals surface area (Å²) >= 11 is 0. The molecule has 0 N–H and O–H groups in total. The van der Waals surface area contributed by atoms with Gasteiger partial charge < -0.3 is 14.1 Å². The van der Waals surface area contributed by atoms with Crippen LogP contribution in [-0.2, 0) is 13.5 Å². The van der Waals surface area contributed by atoms with Crippen LogP contribution in [0.15, 0.2) is 24.5 Å². The van der Waals surface area contributed by atoms with E-state index in [4.69, 9.17) is 11.3 Å². The van der Waals surface area contributed by atoms with E-state index in [0.29, 0.717) is 5.82 Å². The summed E-state index contributed by atoms with van der Waals surface area (Å²) in [6.07, 6.45) is 2.61. The Morgan fingerprint density at radius 2 is 2.35 bits per heavy atom. The van der Waals surface area contributed by atoms with Crippen LogP contribution in [0, 0.1) is 6.57 Å². The van der Waals surface area contributed by atoms with Crippen molar-refractivity contribution in [3.8, 4) is 17.0 Å². The van der Waals surface area contributed by atoms with Gasteiger partial charge in [-0.15, -0.1) is 4.98 Å². The number of benzene rings is 1. The van der Waals surface area contributed by atoms with E-state index in [0.717, 1.165) is 30.0 Å². The maximum atomic E-state index is 7.12. The van der Waals surface area contributed by atoms with Gasteiger partial charge in [0.2, 0.25) is 0 Å². The van der Waals surface area contributed by atoms with Crippen LogP contribution in [0.4, 0.5) is 5.82 Å². The van der Waals surface area contributed by atoms with Gasteiger partial charge in [-0.3, -0.25) is 0 Å². The summed E-state index contributed by atoms with van der Waals surface area (Å²) in [7, 11) is 1.90. The molecule has 0 saturated carbocycles. The van der Waals surface area contributed by atoms with Crippen LogP contribution in [-0.4, -0.2) is 16.2 Å². The molecule has 1 aromatic heterocycles. The molecule has 0 spiro atoms. The SMILES string of the molecule is [C-]#[N+]c1ncn(C)c1-c1ccc2c(c1)CCO2. The molecule has 0 saturated heterocycles. The number of imidazole rings is 1. The molecule has 0 aliphatic carbocycles. The lowest BCUT2D eigenvalue weighted by Gasteiger charge is -2.05. The minimum atomic E-state index is 0.450. The topological polar surface area (TPSA) is 31.4 Å². The summed E-state index contributed by atoms with van der Waals surface area (Å²) in [5.41, 5.74) is 3.11. The lowest BCUT2D eigenvalue weighted by Crippen LogP contribution is -1.90. The van der Waals surface area contributed by atoms with Crippen molar-refractivity contribution in [2.45, 2.75) is 6.42 Å². The minimum Gasteiger partial charge on any atom is -0.493 e. The molecule has 1 aliphatic rings. The van der Waals surface area contributed by atoms with Gasteiger partial charge in [0.05, 0.1) is 12.3 Å². The normalized spacial score (nSPS) is 12.9. The zero-order chi connectivity index (χ0) is 11.8. The van der Waals surface area contributed by atoms with Crippen LogP contribution >= 0.6 is 0 Å². The van der Waals surface area contributed by atoms with E-state index in [1.165, 1.54) is 5.56 Å². The second kappa shape index (κ2) is 3.63. The second-order valence-electron chi connectivity index (χ2n) is 4.06. The molecule has 4 nitrogen and oxygen atoms in total. The maximum Gasteiger partial charge on any atom is 0.295 e. The summed E-state index contributed by atoms with van der Waals surface area (Å²) in [4.78, 5) is 7.53. The van der Waals surface area contributed by atoms with Crippen LogP contribution in [0.1, 0.15) is 5.56 Å². The van der Waals surface area contributed by atoms with E-state index in [2.05, 4.69) is 15.9 Å². The standard InChI is InChI=1S/C13H11N3O/c1-14-13-12(16(2)8-15-13)10-3-4-11-9(7-10)5-6-17-11/h3-4,7-8H,5-6H2,2H3. The Hall–Kier alpha value is -2.28. The van der Waals surface area contributed by atoms with Gasteiger partial charge in [0.1, 0.15) is 5.75 Å². The molecule has 4 heteroatoms. The number of aryl methyl sites for hydroxylation is 1. The molecule has 0 bridgehead atoms. The number of nitrogens with zero attached hydrogens (tertiary/aromatic N) is 3. The first-order valence-electron chi connectivity index (χ1n) is 5.44. The zero-order valence-corrected chi connectivity index (χ0v) is 9.47. The molecule has 84 valence electrons. The van der Waals surface area contributed by atoms with E-state index in [1.807, 2.05) is 23.7 Å².